The lowest BCUT2D eigenvalue weighted by molar-refractivity contribution is -0.145. The Labute approximate surface area is 202 Å². The average Bonchev–Trinajstić information content (AvgIpc) is 3.00. The normalized spacial score (nSPS) is 44.6. The summed E-state index contributed by atoms with van der Waals surface area (Å²) in [6.07, 6.45) is 13.4. The third-order valence-electron chi connectivity index (χ3n) is 11.6. The molecule has 3 nitrogen and oxygen atoms in total. The number of Topliss-reactive ketones (excluding diaryl/α,β-unsaturated/α-hetero) is 1. The number of allylic oxidation sites excluding steroid dienone is 3. The second-order valence-electron chi connectivity index (χ2n) is 13.9. The second kappa shape index (κ2) is 7.79. The van der Waals surface area contributed by atoms with Crippen LogP contribution < -0.4 is 0 Å². The maximum absolute atomic E-state index is 12.8. The van der Waals surface area contributed by atoms with Crippen LogP contribution in [0.2, 0.25) is 0 Å². The molecule has 0 aromatic carbocycles. The highest BCUT2D eigenvalue weighted by Crippen LogP contribution is 2.73. The SMILES string of the molecule is C[C@@H](/C=C/C(O)C(C)(C)O)[C@@H]1CC[C@]2(C)C3=CC[C@H]4C(C)(C)C(=O)CC[C@]4(C)[C@H]3CC[C@@]12C. The molecule has 2 N–H and O–H groups in total. The molecule has 0 aromatic heterocycles. The zero-order valence-corrected chi connectivity index (χ0v) is 22.4. The summed E-state index contributed by atoms with van der Waals surface area (Å²) in [5.74, 6) is 2.45. The molecular formula is C30H48O3. The fourth-order valence-electron chi connectivity index (χ4n) is 9.05. The van der Waals surface area contributed by atoms with E-state index in [1.165, 1.54) is 25.7 Å². The van der Waals surface area contributed by atoms with Gasteiger partial charge in [-0.3, -0.25) is 4.79 Å². The van der Waals surface area contributed by atoms with Crippen LogP contribution in [-0.4, -0.2) is 27.7 Å². The molecule has 0 spiro atoms. The van der Waals surface area contributed by atoms with Crippen molar-refractivity contribution in [1.29, 1.82) is 0 Å². The molecule has 8 atom stereocenters. The predicted molar refractivity (Wildman–Crippen MR) is 135 cm³/mol. The van der Waals surface area contributed by atoms with E-state index in [2.05, 4.69) is 53.7 Å². The van der Waals surface area contributed by atoms with Crippen molar-refractivity contribution in [1.82, 2.24) is 0 Å². The summed E-state index contributed by atoms with van der Waals surface area (Å²) >= 11 is 0. The lowest BCUT2D eigenvalue weighted by Gasteiger charge is -2.63. The van der Waals surface area contributed by atoms with Crippen LogP contribution >= 0.6 is 0 Å². The highest BCUT2D eigenvalue weighted by atomic mass is 16.3. The Balaban J connectivity index is 1.63. The zero-order valence-electron chi connectivity index (χ0n) is 22.4. The van der Waals surface area contributed by atoms with Gasteiger partial charge in [0.15, 0.2) is 0 Å². The lowest BCUT2D eigenvalue weighted by atomic mass is 9.41. The molecule has 33 heavy (non-hydrogen) atoms. The highest BCUT2D eigenvalue weighted by Gasteiger charge is 2.65. The van der Waals surface area contributed by atoms with E-state index in [9.17, 15) is 15.0 Å². The molecule has 0 aromatic rings. The molecule has 0 aliphatic heterocycles. The van der Waals surface area contributed by atoms with E-state index in [0.717, 1.165) is 19.3 Å². The fourth-order valence-corrected chi connectivity index (χ4v) is 9.05. The molecule has 186 valence electrons. The van der Waals surface area contributed by atoms with Gasteiger partial charge in [-0.2, -0.15) is 0 Å². The van der Waals surface area contributed by atoms with E-state index >= 15 is 0 Å². The first kappa shape index (κ1) is 25.2. The molecule has 3 saturated carbocycles. The first-order valence-electron chi connectivity index (χ1n) is 13.4. The molecule has 0 radical (unpaired) electrons. The van der Waals surface area contributed by atoms with Crippen molar-refractivity contribution in [3.63, 3.8) is 0 Å². The van der Waals surface area contributed by atoms with Crippen LogP contribution in [0.4, 0.5) is 0 Å². The molecule has 0 saturated heterocycles. The van der Waals surface area contributed by atoms with Gasteiger partial charge in [0, 0.05) is 11.8 Å². The largest absolute Gasteiger partial charge is 0.387 e. The summed E-state index contributed by atoms with van der Waals surface area (Å²) < 4.78 is 0. The van der Waals surface area contributed by atoms with Gasteiger partial charge in [-0.15, -0.1) is 0 Å². The number of aliphatic hydroxyl groups is 2. The molecule has 0 amide bonds. The summed E-state index contributed by atoms with van der Waals surface area (Å²) in [7, 11) is 0. The van der Waals surface area contributed by atoms with Gasteiger partial charge in [-0.25, -0.2) is 0 Å². The van der Waals surface area contributed by atoms with Crippen molar-refractivity contribution in [2.75, 3.05) is 0 Å². The Morgan fingerprint density at radius 2 is 1.73 bits per heavy atom. The van der Waals surface area contributed by atoms with Gasteiger partial charge in [0.05, 0.1) is 5.60 Å². The summed E-state index contributed by atoms with van der Waals surface area (Å²) in [5, 5.41) is 20.4. The standard InChI is InChI=1S/C30H48O3/c1-19(9-12-25(32)27(4,5)33)20-13-17-30(8)22-10-11-23-26(2,3)24(31)15-16-28(23,6)21(22)14-18-29(20,30)7/h9-10,12,19-21,23,25,32-33H,11,13-18H2,1-8H3/b12-9+/t19-,20-,21-,23-,25?,28+,29-,30+/m0/s1. The lowest BCUT2D eigenvalue weighted by Crippen LogP contribution is -2.57. The van der Waals surface area contributed by atoms with Gasteiger partial charge in [0.1, 0.15) is 11.9 Å². The van der Waals surface area contributed by atoms with Crippen LogP contribution in [0.25, 0.3) is 0 Å². The third-order valence-corrected chi connectivity index (χ3v) is 11.6. The zero-order chi connectivity index (χ0) is 24.6. The van der Waals surface area contributed by atoms with Gasteiger partial charge < -0.3 is 10.2 Å². The summed E-state index contributed by atoms with van der Waals surface area (Å²) in [4.78, 5) is 12.8. The van der Waals surface area contributed by atoms with Crippen molar-refractivity contribution < 1.29 is 15.0 Å². The first-order valence-corrected chi connectivity index (χ1v) is 13.4. The van der Waals surface area contributed by atoms with E-state index in [-0.39, 0.29) is 21.7 Å². The minimum atomic E-state index is -1.11. The number of ketones is 1. The van der Waals surface area contributed by atoms with Crippen LogP contribution in [0.3, 0.4) is 0 Å². The van der Waals surface area contributed by atoms with Crippen molar-refractivity contribution in [2.45, 2.75) is 112 Å². The minimum Gasteiger partial charge on any atom is -0.387 e. The number of hydrogen-bond acceptors (Lipinski definition) is 3. The molecular weight excluding hydrogens is 408 g/mol. The Bertz CT molecular complexity index is 860. The molecule has 4 aliphatic rings. The molecule has 0 bridgehead atoms. The molecule has 3 fully saturated rings. The smallest absolute Gasteiger partial charge is 0.138 e. The molecule has 0 heterocycles. The monoisotopic (exact) mass is 456 g/mol. The Morgan fingerprint density at radius 3 is 2.36 bits per heavy atom. The topological polar surface area (TPSA) is 57.5 Å². The maximum Gasteiger partial charge on any atom is 0.138 e. The maximum atomic E-state index is 12.8. The number of hydrogen-bond donors (Lipinski definition) is 2. The van der Waals surface area contributed by atoms with E-state index in [4.69, 9.17) is 0 Å². The number of fused-ring (bicyclic) bond motifs is 5. The van der Waals surface area contributed by atoms with Crippen LogP contribution in [0.1, 0.15) is 100 Å². The van der Waals surface area contributed by atoms with Gasteiger partial charge in [-0.1, -0.05) is 65.3 Å². The predicted octanol–water partition coefficient (Wildman–Crippen LogP) is 6.48. The highest BCUT2D eigenvalue weighted by molar-refractivity contribution is 5.85. The average molecular weight is 457 g/mol. The third kappa shape index (κ3) is 3.54. The van der Waals surface area contributed by atoms with Gasteiger partial charge >= 0.3 is 0 Å². The van der Waals surface area contributed by atoms with E-state index in [1.807, 2.05) is 6.08 Å². The number of carbonyl (C=O) groups is 1. The summed E-state index contributed by atoms with van der Waals surface area (Å²) in [5.41, 5.74) is 1.05. The molecule has 4 aliphatic carbocycles. The quantitative estimate of drug-likeness (QED) is 0.476. The van der Waals surface area contributed by atoms with Crippen LogP contribution in [0.5, 0.6) is 0 Å². The van der Waals surface area contributed by atoms with Gasteiger partial charge in [-0.05, 0) is 92.3 Å². The van der Waals surface area contributed by atoms with Crippen molar-refractivity contribution in [2.24, 2.45) is 45.3 Å². The van der Waals surface area contributed by atoms with Crippen LogP contribution in [0, 0.1) is 45.3 Å². The number of aliphatic hydroxyl groups excluding tert-OH is 1. The Hall–Kier alpha value is -0.930. The second-order valence-corrected chi connectivity index (χ2v) is 13.9. The Kier molecular flexibility index (Phi) is 5.94. The van der Waals surface area contributed by atoms with Crippen LogP contribution in [0.15, 0.2) is 23.8 Å². The van der Waals surface area contributed by atoms with Crippen molar-refractivity contribution in [3.8, 4) is 0 Å². The summed E-state index contributed by atoms with van der Waals surface area (Å²) in [6.45, 7) is 17.6. The Morgan fingerprint density at radius 1 is 1.06 bits per heavy atom. The fraction of sp³-hybridized carbons (Fsp3) is 0.833. The number of carbonyl (C=O) groups excluding carboxylic acids is 1. The van der Waals surface area contributed by atoms with Gasteiger partial charge in [0.2, 0.25) is 0 Å². The van der Waals surface area contributed by atoms with Gasteiger partial charge in [0.25, 0.3) is 0 Å². The summed E-state index contributed by atoms with van der Waals surface area (Å²) in [6, 6.07) is 0. The van der Waals surface area contributed by atoms with Crippen molar-refractivity contribution in [3.05, 3.63) is 23.8 Å². The molecule has 1 unspecified atom stereocenters. The minimum absolute atomic E-state index is 0.205. The van der Waals surface area contributed by atoms with E-state index < -0.39 is 11.7 Å². The number of rotatable bonds is 4. The molecule has 3 heteroatoms. The molecule has 4 rings (SSSR count). The van der Waals surface area contributed by atoms with E-state index in [1.54, 1.807) is 19.4 Å². The van der Waals surface area contributed by atoms with Crippen molar-refractivity contribution >= 4 is 5.78 Å². The first-order chi connectivity index (χ1) is 15.1. The van der Waals surface area contributed by atoms with E-state index in [0.29, 0.717) is 29.5 Å². The van der Waals surface area contributed by atoms with Crippen LogP contribution in [-0.2, 0) is 4.79 Å².